The Morgan fingerprint density at radius 2 is 1.43 bits per heavy atom. The van der Waals surface area contributed by atoms with Crippen LogP contribution >= 0.6 is 0 Å². The monoisotopic (exact) mass is 378 g/mol. The lowest BCUT2D eigenvalue weighted by molar-refractivity contribution is 0.302. The number of benzene rings is 1. The Balaban J connectivity index is 1.51. The normalized spacial score (nSPS) is 19.6. The van der Waals surface area contributed by atoms with E-state index in [1.165, 1.54) is 88.2 Å². The van der Waals surface area contributed by atoms with Gasteiger partial charge in [-0.3, -0.25) is 0 Å². The van der Waals surface area contributed by atoms with E-state index in [-0.39, 0.29) is 0 Å². The van der Waals surface area contributed by atoms with Crippen LogP contribution in [0.25, 0.3) is 11.4 Å². The van der Waals surface area contributed by atoms with E-state index in [0.29, 0.717) is 5.92 Å². The summed E-state index contributed by atoms with van der Waals surface area (Å²) >= 11 is 0. The minimum absolute atomic E-state index is 0.664. The van der Waals surface area contributed by atoms with E-state index in [4.69, 9.17) is 9.97 Å². The van der Waals surface area contributed by atoms with E-state index in [0.717, 1.165) is 17.3 Å². The van der Waals surface area contributed by atoms with Crippen molar-refractivity contribution in [3.8, 4) is 11.4 Å². The fourth-order valence-electron chi connectivity index (χ4n) is 4.56. The SMILES string of the molecule is CCCCCc1ccc(-c2ncc([C@H]3CC[C@H](CCCCC)CC3)cn2)cc1. The Kier molecular flexibility index (Phi) is 8.51. The van der Waals surface area contributed by atoms with Gasteiger partial charge in [-0.2, -0.15) is 0 Å². The Bertz CT molecular complexity index is 667. The highest BCUT2D eigenvalue weighted by Gasteiger charge is 2.22. The average Bonchev–Trinajstić information content (AvgIpc) is 2.75. The zero-order valence-electron chi connectivity index (χ0n) is 18.0. The van der Waals surface area contributed by atoms with Gasteiger partial charge in [-0.15, -0.1) is 0 Å². The van der Waals surface area contributed by atoms with Crippen molar-refractivity contribution in [1.82, 2.24) is 9.97 Å². The highest BCUT2D eigenvalue weighted by Crippen LogP contribution is 2.37. The molecule has 1 saturated carbocycles. The third-order valence-electron chi connectivity index (χ3n) is 6.49. The van der Waals surface area contributed by atoms with Gasteiger partial charge in [-0.1, -0.05) is 76.6 Å². The molecule has 2 aromatic rings. The number of hydrogen-bond acceptors (Lipinski definition) is 2. The number of hydrogen-bond donors (Lipinski definition) is 0. The molecule has 0 saturated heterocycles. The summed E-state index contributed by atoms with van der Waals surface area (Å²) in [5.41, 5.74) is 3.89. The van der Waals surface area contributed by atoms with Crippen molar-refractivity contribution in [1.29, 1.82) is 0 Å². The smallest absolute Gasteiger partial charge is 0.159 e. The second kappa shape index (κ2) is 11.3. The van der Waals surface area contributed by atoms with Crippen LogP contribution in [0.3, 0.4) is 0 Å². The van der Waals surface area contributed by atoms with Gasteiger partial charge in [0.1, 0.15) is 0 Å². The summed E-state index contributed by atoms with van der Waals surface area (Å²) in [7, 11) is 0. The van der Waals surface area contributed by atoms with Crippen LogP contribution in [0, 0.1) is 5.92 Å². The largest absolute Gasteiger partial charge is 0.236 e. The first-order valence-corrected chi connectivity index (χ1v) is 11.7. The Hall–Kier alpha value is -1.70. The van der Waals surface area contributed by atoms with Crippen molar-refractivity contribution in [3.63, 3.8) is 0 Å². The van der Waals surface area contributed by atoms with Crippen LogP contribution in [-0.4, -0.2) is 9.97 Å². The standard InChI is InChI=1S/C26H38N2/c1-3-5-7-9-21-11-15-23(16-12-21)25-19-27-26(28-20-25)24-17-13-22(14-18-24)10-8-6-4-2/h13-14,17-21,23H,3-12,15-16H2,1-2H3/t21-,23-. The molecule has 1 fully saturated rings. The Labute approximate surface area is 172 Å². The van der Waals surface area contributed by atoms with Gasteiger partial charge in [0.25, 0.3) is 0 Å². The predicted molar refractivity (Wildman–Crippen MR) is 120 cm³/mol. The van der Waals surface area contributed by atoms with Crippen molar-refractivity contribution >= 4 is 0 Å². The van der Waals surface area contributed by atoms with Crippen molar-refractivity contribution in [3.05, 3.63) is 47.8 Å². The number of aromatic nitrogens is 2. The minimum Gasteiger partial charge on any atom is -0.236 e. The predicted octanol–water partition coefficient (Wildman–Crippen LogP) is 7.73. The van der Waals surface area contributed by atoms with Crippen molar-refractivity contribution in [2.45, 2.75) is 96.8 Å². The molecule has 2 nitrogen and oxygen atoms in total. The van der Waals surface area contributed by atoms with Gasteiger partial charge in [0.15, 0.2) is 5.82 Å². The van der Waals surface area contributed by atoms with Gasteiger partial charge in [0, 0.05) is 18.0 Å². The van der Waals surface area contributed by atoms with E-state index < -0.39 is 0 Å². The van der Waals surface area contributed by atoms with Crippen molar-refractivity contribution < 1.29 is 0 Å². The summed E-state index contributed by atoms with van der Waals surface area (Å²) in [5.74, 6) is 2.48. The lowest BCUT2D eigenvalue weighted by Gasteiger charge is -2.28. The molecule has 152 valence electrons. The maximum Gasteiger partial charge on any atom is 0.159 e. The second-order valence-corrected chi connectivity index (χ2v) is 8.71. The van der Waals surface area contributed by atoms with Crippen LogP contribution in [-0.2, 0) is 6.42 Å². The van der Waals surface area contributed by atoms with Crippen LogP contribution in [0.5, 0.6) is 0 Å². The first kappa shape index (κ1) is 21.0. The van der Waals surface area contributed by atoms with Gasteiger partial charge in [-0.25, -0.2) is 9.97 Å². The lowest BCUT2D eigenvalue weighted by atomic mass is 9.77. The van der Waals surface area contributed by atoms with Crippen molar-refractivity contribution in [2.75, 3.05) is 0 Å². The Morgan fingerprint density at radius 3 is 2.07 bits per heavy atom. The van der Waals surface area contributed by atoms with Crippen LogP contribution < -0.4 is 0 Å². The van der Waals surface area contributed by atoms with Gasteiger partial charge >= 0.3 is 0 Å². The van der Waals surface area contributed by atoms with Gasteiger partial charge in [0.2, 0.25) is 0 Å². The lowest BCUT2D eigenvalue weighted by Crippen LogP contribution is -2.14. The summed E-state index contributed by atoms with van der Waals surface area (Å²) in [6, 6.07) is 8.83. The van der Waals surface area contributed by atoms with E-state index >= 15 is 0 Å². The van der Waals surface area contributed by atoms with Crippen LogP contribution in [0.15, 0.2) is 36.7 Å². The third-order valence-corrected chi connectivity index (χ3v) is 6.49. The molecule has 1 heterocycles. The average molecular weight is 379 g/mol. The summed E-state index contributed by atoms with van der Waals surface area (Å²) < 4.78 is 0. The van der Waals surface area contributed by atoms with E-state index in [2.05, 4.69) is 50.5 Å². The van der Waals surface area contributed by atoms with E-state index in [1.807, 2.05) is 0 Å². The van der Waals surface area contributed by atoms with E-state index in [9.17, 15) is 0 Å². The molecule has 0 unspecified atom stereocenters. The van der Waals surface area contributed by atoms with Gasteiger partial charge in [0.05, 0.1) is 0 Å². The molecule has 2 heteroatoms. The minimum atomic E-state index is 0.664. The molecule has 0 spiro atoms. The first-order chi connectivity index (χ1) is 13.8. The highest BCUT2D eigenvalue weighted by molar-refractivity contribution is 5.55. The Morgan fingerprint density at radius 1 is 0.786 bits per heavy atom. The molecule has 0 N–H and O–H groups in total. The molecule has 0 amide bonds. The quantitative estimate of drug-likeness (QED) is 0.395. The van der Waals surface area contributed by atoms with Gasteiger partial charge < -0.3 is 0 Å². The topological polar surface area (TPSA) is 25.8 Å². The molecule has 0 aliphatic heterocycles. The molecule has 0 radical (unpaired) electrons. The van der Waals surface area contributed by atoms with Crippen LogP contribution in [0.4, 0.5) is 0 Å². The molecule has 1 aliphatic rings. The van der Waals surface area contributed by atoms with Crippen LogP contribution in [0.1, 0.15) is 102 Å². The first-order valence-electron chi connectivity index (χ1n) is 11.7. The second-order valence-electron chi connectivity index (χ2n) is 8.71. The summed E-state index contributed by atoms with van der Waals surface area (Å²) in [5, 5.41) is 0. The summed E-state index contributed by atoms with van der Waals surface area (Å²) in [6.45, 7) is 4.55. The molecule has 0 atom stereocenters. The number of nitrogens with zero attached hydrogens (tertiary/aromatic N) is 2. The zero-order chi connectivity index (χ0) is 19.6. The fraction of sp³-hybridized carbons (Fsp3) is 0.615. The molecule has 28 heavy (non-hydrogen) atoms. The van der Waals surface area contributed by atoms with E-state index in [1.54, 1.807) is 0 Å². The summed E-state index contributed by atoms with van der Waals surface area (Å²) in [4.78, 5) is 9.40. The maximum absolute atomic E-state index is 4.70. The highest BCUT2D eigenvalue weighted by atomic mass is 14.9. The molecule has 1 aromatic heterocycles. The molecule has 1 aromatic carbocycles. The number of aryl methyl sites for hydroxylation is 1. The molecular weight excluding hydrogens is 340 g/mol. The van der Waals surface area contributed by atoms with Gasteiger partial charge in [-0.05, 0) is 61.5 Å². The summed E-state index contributed by atoms with van der Waals surface area (Å²) in [6.07, 6.45) is 20.2. The molecule has 0 bridgehead atoms. The fourth-order valence-corrected chi connectivity index (χ4v) is 4.56. The molecular formula is C26H38N2. The molecule has 1 aliphatic carbocycles. The molecule has 3 rings (SSSR count). The number of rotatable bonds is 10. The zero-order valence-corrected chi connectivity index (χ0v) is 18.0. The van der Waals surface area contributed by atoms with Crippen LogP contribution in [0.2, 0.25) is 0 Å². The maximum atomic E-state index is 4.70. The number of unbranched alkanes of at least 4 members (excludes halogenated alkanes) is 4. The third kappa shape index (κ3) is 6.15. The van der Waals surface area contributed by atoms with Crippen molar-refractivity contribution in [2.24, 2.45) is 5.92 Å².